The van der Waals surface area contributed by atoms with Crippen molar-refractivity contribution in [3.05, 3.63) is 47.2 Å². The van der Waals surface area contributed by atoms with Crippen LogP contribution in [-0.4, -0.2) is 53.1 Å². The molecule has 3 aromatic rings. The molecule has 10 heteroatoms. The van der Waals surface area contributed by atoms with E-state index >= 15 is 0 Å². The van der Waals surface area contributed by atoms with E-state index in [1.54, 1.807) is 43.0 Å². The van der Waals surface area contributed by atoms with Crippen molar-refractivity contribution in [1.29, 1.82) is 0 Å². The third kappa shape index (κ3) is 4.91. The summed E-state index contributed by atoms with van der Waals surface area (Å²) in [5, 5.41) is 7.89. The summed E-state index contributed by atoms with van der Waals surface area (Å²) in [5.41, 5.74) is 3.35. The van der Waals surface area contributed by atoms with Crippen LogP contribution < -0.4 is 10.1 Å². The van der Waals surface area contributed by atoms with Crippen molar-refractivity contribution < 1.29 is 17.9 Å². The molecule has 0 aliphatic heterocycles. The van der Waals surface area contributed by atoms with Crippen LogP contribution in [0.5, 0.6) is 5.88 Å². The van der Waals surface area contributed by atoms with E-state index in [1.165, 1.54) is 4.31 Å². The van der Waals surface area contributed by atoms with Crippen LogP contribution in [0, 0.1) is 13.8 Å². The first kappa shape index (κ1) is 23.7. The van der Waals surface area contributed by atoms with E-state index in [-0.39, 0.29) is 30.0 Å². The van der Waals surface area contributed by atoms with Gasteiger partial charge in [0, 0.05) is 32.4 Å². The maximum atomic E-state index is 12.5. The number of sulfonamides is 1. The molecule has 0 saturated heterocycles. The van der Waals surface area contributed by atoms with Crippen molar-refractivity contribution >= 4 is 27.0 Å². The zero-order valence-electron chi connectivity index (χ0n) is 19.2. The lowest BCUT2D eigenvalue weighted by atomic mass is 10.2. The summed E-state index contributed by atoms with van der Waals surface area (Å²) in [7, 11) is -0.201. The van der Waals surface area contributed by atoms with Crippen molar-refractivity contribution in [2.75, 3.05) is 13.7 Å². The Hall–Kier alpha value is -2.98. The molecule has 1 aromatic carbocycles. The number of fused-ring (bicyclic) bond motifs is 1. The molecule has 0 bridgehead atoms. The number of hydrogen-bond donors (Lipinski definition) is 1. The van der Waals surface area contributed by atoms with Crippen LogP contribution in [0.1, 0.15) is 30.7 Å². The zero-order valence-corrected chi connectivity index (χ0v) is 20.0. The Kier molecular flexibility index (Phi) is 6.85. The predicted molar refractivity (Wildman–Crippen MR) is 122 cm³/mol. The topological polar surface area (TPSA) is 106 Å². The van der Waals surface area contributed by atoms with Crippen LogP contribution in [0.15, 0.2) is 35.2 Å². The largest absolute Gasteiger partial charge is 0.466 e. The molecule has 0 unspecified atom stereocenters. The minimum atomic E-state index is -3.54. The van der Waals surface area contributed by atoms with Crippen molar-refractivity contribution in [2.45, 2.75) is 45.2 Å². The summed E-state index contributed by atoms with van der Waals surface area (Å²) < 4.78 is 33.7. The van der Waals surface area contributed by atoms with E-state index in [1.807, 2.05) is 33.8 Å². The van der Waals surface area contributed by atoms with Gasteiger partial charge in [-0.05, 0) is 57.0 Å². The van der Waals surface area contributed by atoms with Crippen LogP contribution >= 0.6 is 0 Å². The number of nitrogens with one attached hydrogen (secondary N) is 1. The lowest BCUT2D eigenvalue weighted by molar-refractivity contribution is -0.123. The molecule has 9 nitrogen and oxygen atoms in total. The molecule has 0 radical (unpaired) electrons. The summed E-state index contributed by atoms with van der Waals surface area (Å²) in [5.74, 6) is 0.0595. The normalized spacial score (nSPS) is 12.0. The second kappa shape index (κ2) is 9.25. The van der Waals surface area contributed by atoms with E-state index in [2.05, 4.69) is 15.4 Å². The number of benzene rings is 1. The SMILES string of the molecule is Cc1cc(C)c2c(OCC(=O)NCc3ccc(S(=O)(=O)N(C)C(C)C)cc3)nn(C)c2n1. The van der Waals surface area contributed by atoms with Crippen LogP contribution in [0.4, 0.5) is 0 Å². The molecule has 0 atom stereocenters. The molecule has 0 spiro atoms. The number of aryl methyl sites for hydroxylation is 3. The number of pyridine rings is 1. The van der Waals surface area contributed by atoms with E-state index < -0.39 is 10.0 Å². The minimum absolute atomic E-state index is 0.140. The molecule has 1 N–H and O–H groups in total. The molecule has 0 saturated carbocycles. The summed E-state index contributed by atoms with van der Waals surface area (Å²) >= 11 is 0. The van der Waals surface area contributed by atoms with Gasteiger partial charge in [0.1, 0.15) is 0 Å². The van der Waals surface area contributed by atoms with Crippen LogP contribution in [0.2, 0.25) is 0 Å². The zero-order chi connectivity index (χ0) is 23.6. The van der Waals surface area contributed by atoms with Gasteiger partial charge in [0.15, 0.2) is 12.3 Å². The maximum Gasteiger partial charge on any atom is 0.258 e. The van der Waals surface area contributed by atoms with Gasteiger partial charge in [-0.3, -0.25) is 4.79 Å². The molecular weight excluding hydrogens is 430 g/mol. The van der Waals surface area contributed by atoms with Gasteiger partial charge in [0.25, 0.3) is 5.91 Å². The van der Waals surface area contributed by atoms with Crippen LogP contribution in [0.3, 0.4) is 0 Å². The lowest BCUT2D eigenvalue weighted by Gasteiger charge is -2.21. The average molecular weight is 460 g/mol. The Labute approximate surface area is 188 Å². The lowest BCUT2D eigenvalue weighted by Crippen LogP contribution is -2.33. The molecule has 3 rings (SSSR count). The van der Waals surface area contributed by atoms with E-state index in [9.17, 15) is 13.2 Å². The highest BCUT2D eigenvalue weighted by Gasteiger charge is 2.22. The summed E-state index contributed by atoms with van der Waals surface area (Å²) in [6.45, 7) is 7.56. The van der Waals surface area contributed by atoms with Gasteiger partial charge in [-0.2, -0.15) is 4.31 Å². The standard InChI is InChI=1S/C22H29N5O4S/c1-14(2)27(6)32(29,30)18-9-7-17(8-10-18)12-23-19(28)13-31-22-20-15(3)11-16(4)24-21(20)26(5)25-22/h7-11,14H,12-13H2,1-6H3,(H,23,28). The first-order chi connectivity index (χ1) is 15.0. The number of aromatic nitrogens is 3. The molecular formula is C22H29N5O4S. The van der Waals surface area contributed by atoms with E-state index in [0.29, 0.717) is 11.5 Å². The second-order valence-electron chi connectivity index (χ2n) is 8.03. The third-order valence-electron chi connectivity index (χ3n) is 5.24. The predicted octanol–water partition coefficient (Wildman–Crippen LogP) is 2.31. The number of hydrogen-bond acceptors (Lipinski definition) is 6. The molecule has 172 valence electrons. The van der Waals surface area contributed by atoms with Crippen molar-refractivity contribution in [2.24, 2.45) is 7.05 Å². The summed E-state index contributed by atoms with van der Waals surface area (Å²) in [6, 6.07) is 8.27. The first-order valence-electron chi connectivity index (χ1n) is 10.3. The number of carbonyl (C=O) groups excluding carboxylic acids is 1. The highest BCUT2D eigenvalue weighted by Crippen LogP contribution is 2.27. The van der Waals surface area contributed by atoms with Gasteiger partial charge in [0.05, 0.1) is 10.3 Å². The van der Waals surface area contributed by atoms with Gasteiger partial charge >= 0.3 is 0 Å². The average Bonchev–Trinajstić information content (AvgIpc) is 3.06. The van der Waals surface area contributed by atoms with Crippen molar-refractivity contribution in [1.82, 2.24) is 24.4 Å². The fourth-order valence-electron chi connectivity index (χ4n) is 3.26. The minimum Gasteiger partial charge on any atom is -0.466 e. The highest BCUT2D eigenvalue weighted by molar-refractivity contribution is 7.89. The van der Waals surface area contributed by atoms with Crippen molar-refractivity contribution in [3.63, 3.8) is 0 Å². The molecule has 0 aliphatic carbocycles. The van der Waals surface area contributed by atoms with Gasteiger partial charge in [-0.1, -0.05) is 12.1 Å². The third-order valence-corrected chi connectivity index (χ3v) is 7.29. The number of ether oxygens (including phenoxy) is 1. The smallest absolute Gasteiger partial charge is 0.258 e. The fraction of sp³-hybridized carbons (Fsp3) is 0.409. The summed E-state index contributed by atoms with van der Waals surface area (Å²) in [6.07, 6.45) is 0. The van der Waals surface area contributed by atoms with Crippen LogP contribution in [-0.2, 0) is 28.4 Å². The molecule has 1 amide bonds. The Balaban J connectivity index is 1.60. The highest BCUT2D eigenvalue weighted by atomic mass is 32.2. The van der Waals surface area contributed by atoms with E-state index in [4.69, 9.17) is 4.74 Å². The number of amides is 1. The number of carbonyl (C=O) groups is 1. The molecule has 0 aliphatic rings. The first-order valence-corrected chi connectivity index (χ1v) is 11.7. The Morgan fingerprint density at radius 3 is 2.50 bits per heavy atom. The quantitative estimate of drug-likeness (QED) is 0.554. The molecule has 32 heavy (non-hydrogen) atoms. The van der Waals surface area contributed by atoms with Gasteiger partial charge in [-0.15, -0.1) is 5.10 Å². The molecule has 2 aromatic heterocycles. The second-order valence-corrected chi connectivity index (χ2v) is 10.0. The number of rotatable bonds is 8. The molecule has 2 heterocycles. The Morgan fingerprint density at radius 2 is 1.88 bits per heavy atom. The van der Waals surface area contributed by atoms with Crippen molar-refractivity contribution in [3.8, 4) is 5.88 Å². The van der Waals surface area contributed by atoms with Crippen LogP contribution in [0.25, 0.3) is 11.0 Å². The number of nitrogens with zero attached hydrogens (tertiary/aromatic N) is 4. The van der Waals surface area contributed by atoms with Gasteiger partial charge in [0.2, 0.25) is 15.9 Å². The maximum absolute atomic E-state index is 12.5. The van der Waals surface area contributed by atoms with E-state index in [0.717, 1.165) is 22.2 Å². The Morgan fingerprint density at radius 1 is 1.22 bits per heavy atom. The fourth-order valence-corrected chi connectivity index (χ4v) is 4.63. The summed E-state index contributed by atoms with van der Waals surface area (Å²) in [4.78, 5) is 17.0. The monoisotopic (exact) mass is 459 g/mol. The Bertz CT molecular complexity index is 1230. The van der Waals surface area contributed by atoms with Gasteiger partial charge < -0.3 is 10.1 Å². The molecule has 0 fully saturated rings. The van der Waals surface area contributed by atoms with Gasteiger partial charge in [-0.25, -0.2) is 18.1 Å².